The maximum atomic E-state index is 12.0. The third kappa shape index (κ3) is 6.06. The van der Waals surface area contributed by atoms with Gasteiger partial charge in [0.15, 0.2) is 0 Å². The lowest BCUT2D eigenvalue weighted by molar-refractivity contribution is 0.211. The Labute approximate surface area is 123 Å². The van der Waals surface area contributed by atoms with E-state index < -0.39 is 10.1 Å². The van der Waals surface area contributed by atoms with Crippen LogP contribution < -0.4 is 0 Å². The SMILES string of the molecule is CCCC(C)CCCC(C)OS(=O)(=O)c1ccccc1. The van der Waals surface area contributed by atoms with Gasteiger partial charge in [0.25, 0.3) is 10.1 Å². The Morgan fingerprint density at radius 2 is 1.70 bits per heavy atom. The van der Waals surface area contributed by atoms with Crippen LogP contribution in [0.3, 0.4) is 0 Å². The van der Waals surface area contributed by atoms with E-state index in [1.165, 1.54) is 12.8 Å². The average Bonchev–Trinajstić information content (AvgIpc) is 2.39. The van der Waals surface area contributed by atoms with E-state index in [4.69, 9.17) is 4.18 Å². The van der Waals surface area contributed by atoms with E-state index in [2.05, 4.69) is 13.8 Å². The van der Waals surface area contributed by atoms with E-state index in [1.54, 1.807) is 30.3 Å². The van der Waals surface area contributed by atoms with Crippen LogP contribution in [0.25, 0.3) is 0 Å². The first kappa shape index (κ1) is 17.2. The van der Waals surface area contributed by atoms with Crippen LogP contribution >= 0.6 is 0 Å². The highest BCUT2D eigenvalue weighted by molar-refractivity contribution is 7.86. The molecule has 0 saturated heterocycles. The first-order valence-corrected chi connectivity index (χ1v) is 8.85. The molecule has 0 aliphatic carbocycles. The predicted octanol–water partition coefficient (Wildman–Crippen LogP) is 4.39. The fraction of sp³-hybridized carbons (Fsp3) is 0.625. The van der Waals surface area contributed by atoms with Crippen molar-refractivity contribution in [1.82, 2.24) is 0 Å². The third-order valence-corrected chi connectivity index (χ3v) is 4.84. The molecule has 0 spiro atoms. The topological polar surface area (TPSA) is 43.4 Å². The van der Waals surface area contributed by atoms with Crippen LogP contribution in [0.1, 0.15) is 52.9 Å². The van der Waals surface area contributed by atoms with Crippen LogP contribution in [0, 0.1) is 5.92 Å². The highest BCUT2D eigenvalue weighted by Gasteiger charge is 2.18. The van der Waals surface area contributed by atoms with Crippen molar-refractivity contribution >= 4 is 10.1 Å². The van der Waals surface area contributed by atoms with Gasteiger partial charge in [-0.1, -0.05) is 57.7 Å². The lowest BCUT2D eigenvalue weighted by Gasteiger charge is -2.14. The summed E-state index contributed by atoms with van der Waals surface area (Å²) in [5.41, 5.74) is 0. The number of benzene rings is 1. The van der Waals surface area contributed by atoms with Gasteiger partial charge >= 0.3 is 0 Å². The molecule has 0 amide bonds. The van der Waals surface area contributed by atoms with Crippen LogP contribution in [0.2, 0.25) is 0 Å². The molecule has 0 N–H and O–H groups in total. The van der Waals surface area contributed by atoms with Crippen molar-refractivity contribution in [2.24, 2.45) is 5.92 Å². The van der Waals surface area contributed by atoms with Gasteiger partial charge in [0.05, 0.1) is 11.0 Å². The van der Waals surface area contributed by atoms with Crippen molar-refractivity contribution in [2.75, 3.05) is 0 Å². The van der Waals surface area contributed by atoms with E-state index in [0.29, 0.717) is 5.92 Å². The molecule has 0 heterocycles. The molecular formula is C16H26O3S. The van der Waals surface area contributed by atoms with Crippen molar-refractivity contribution in [3.63, 3.8) is 0 Å². The summed E-state index contributed by atoms with van der Waals surface area (Å²) >= 11 is 0. The summed E-state index contributed by atoms with van der Waals surface area (Å²) in [7, 11) is -3.62. The van der Waals surface area contributed by atoms with Crippen LogP contribution in [0.4, 0.5) is 0 Å². The summed E-state index contributed by atoms with van der Waals surface area (Å²) in [5, 5.41) is 0. The molecule has 20 heavy (non-hydrogen) atoms. The Morgan fingerprint density at radius 1 is 1.05 bits per heavy atom. The largest absolute Gasteiger partial charge is 0.297 e. The molecule has 3 nitrogen and oxygen atoms in total. The molecule has 0 bridgehead atoms. The molecule has 1 rings (SSSR count). The second-order valence-electron chi connectivity index (χ2n) is 5.50. The summed E-state index contributed by atoms with van der Waals surface area (Å²) in [4.78, 5) is 0.228. The molecule has 4 heteroatoms. The van der Waals surface area contributed by atoms with Gasteiger partial charge in [-0.25, -0.2) is 0 Å². The Hall–Kier alpha value is -0.870. The van der Waals surface area contributed by atoms with Gasteiger partial charge in [-0.05, 0) is 31.4 Å². The molecule has 114 valence electrons. The van der Waals surface area contributed by atoms with Crippen molar-refractivity contribution in [3.8, 4) is 0 Å². The zero-order valence-electron chi connectivity index (χ0n) is 12.7. The molecular weight excluding hydrogens is 272 g/mol. The van der Waals surface area contributed by atoms with Crippen LogP contribution in [-0.4, -0.2) is 14.5 Å². The van der Waals surface area contributed by atoms with Gasteiger partial charge in [-0.2, -0.15) is 8.42 Å². The third-order valence-electron chi connectivity index (χ3n) is 3.41. The molecule has 2 atom stereocenters. The normalized spacial score (nSPS) is 14.9. The standard InChI is InChI=1S/C16H26O3S/c1-4-9-14(2)10-8-11-15(3)19-20(17,18)16-12-6-5-7-13-16/h5-7,12-15H,4,8-11H2,1-3H3. The van der Waals surface area contributed by atoms with Gasteiger partial charge in [-0.3, -0.25) is 4.18 Å². The zero-order valence-corrected chi connectivity index (χ0v) is 13.5. The van der Waals surface area contributed by atoms with Crippen molar-refractivity contribution in [3.05, 3.63) is 30.3 Å². The molecule has 1 aromatic rings. The van der Waals surface area contributed by atoms with E-state index >= 15 is 0 Å². The lowest BCUT2D eigenvalue weighted by Crippen LogP contribution is -2.15. The van der Waals surface area contributed by atoms with E-state index in [9.17, 15) is 8.42 Å². The Bertz CT molecular complexity index is 468. The Morgan fingerprint density at radius 3 is 2.30 bits per heavy atom. The van der Waals surface area contributed by atoms with Gasteiger partial charge < -0.3 is 0 Å². The number of hydrogen-bond acceptors (Lipinski definition) is 3. The predicted molar refractivity (Wildman–Crippen MR) is 82.1 cm³/mol. The summed E-state index contributed by atoms with van der Waals surface area (Å²) in [5.74, 6) is 0.706. The number of hydrogen-bond donors (Lipinski definition) is 0. The molecule has 0 aliphatic rings. The summed E-state index contributed by atoms with van der Waals surface area (Å²) < 4.78 is 29.3. The van der Waals surface area contributed by atoms with Crippen LogP contribution in [0.15, 0.2) is 35.2 Å². The minimum absolute atomic E-state index is 0.228. The maximum absolute atomic E-state index is 12.0. The molecule has 0 radical (unpaired) electrons. The monoisotopic (exact) mass is 298 g/mol. The van der Waals surface area contributed by atoms with Crippen molar-refractivity contribution < 1.29 is 12.6 Å². The highest BCUT2D eigenvalue weighted by atomic mass is 32.2. The van der Waals surface area contributed by atoms with E-state index in [0.717, 1.165) is 19.3 Å². The average molecular weight is 298 g/mol. The fourth-order valence-electron chi connectivity index (χ4n) is 2.30. The van der Waals surface area contributed by atoms with Crippen molar-refractivity contribution in [2.45, 2.75) is 63.9 Å². The smallest absolute Gasteiger partial charge is 0.263 e. The molecule has 0 saturated carbocycles. The molecule has 0 aliphatic heterocycles. The zero-order chi connectivity index (χ0) is 15.0. The molecule has 0 aromatic heterocycles. The summed E-state index contributed by atoms with van der Waals surface area (Å²) in [6.45, 7) is 6.26. The van der Waals surface area contributed by atoms with Crippen LogP contribution in [-0.2, 0) is 14.3 Å². The first-order chi connectivity index (χ1) is 9.45. The minimum Gasteiger partial charge on any atom is -0.263 e. The molecule has 2 unspecified atom stereocenters. The van der Waals surface area contributed by atoms with Gasteiger partial charge in [0.1, 0.15) is 0 Å². The van der Waals surface area contributed by atoms with Crippen LogP contribution in [0.5, 0.6) is 0 Å². The Kier molecular flexibility index (Phi) is 7.24. The number of rotatable bonds is 9. The maximum Gasteiger partial charge on any atom is 0.297 e. The highest BCUT2D eigenvalue weighted by Crippen LogP contribution is 2.19. The minimum atomic E-state index is -3.62. The second-order valence-corrected chi connectivity index (χ2v) is 7.07. The van der Waals surface area contributed by atoms with Gasteiger partial charge in [0, 0.05) is 0 Å². The summed E-state index contributed by atoms with van der Waals surface area (Å²) in [6, 6.07) is 8.31. The Balaban J connectivity index is 2.40. The molecule has 0 fully saturated rings. The van der Waals surface area contributed by atoms with Gasteiger partial charge in [0.2, 0.25) is 0 Å². The fourth-order valence-corrected chi connectivity index (χ4v) is 3.43. The van der Waals surface area contributed by atoms with Gasteiger partial charge in [-0.15, -0.1) is 0 Å². The summed E-state index contributed by atoms with van der Waals surface area (Å²) in [6.07, 6.45) is 5.08. The second kappa shape index (κ2) is 8.42. The molecule has 1 aromatic carbocycles. The quantitative estimate of drug-likeness (QED) is 0.635. The van der Waals surface area contributed by atoms with E-state index in [-0.39, 0.29) is 11.0 Å². The first-order valence-electron chi connectivity index (χ1n) is 7.44. The van der Waals surface area contributed by atoms with Crippen molar-refractivity contribution in [1.29, 1.82) is 0 Å². The van der Waals surface area contributed by atoms with E-state index in [1.807, 2.05) is 6.92 Å². The lowest BCUT2D eigenvalue weighted by atomic mass is 9.98.